The van der Waals surface area contributed by atoms with Crippen molar-refractivity contribution in [2.45, 2.75) is 25.6 Å². The van der Waals surface area contributed by atoms with E-state index >= 15 is 0 Å². The molecule has 0 aromatic heterocycles. The summed E-state index contributed by atoms with van der Waals surface area (Å²) < 4.78 is 0.0270. The molecule has 0 N–H and O–H groups in total. The van der Waals surface area contributed by atoms with Gasteiger partial charge >= 0.3 is 0 Å². The number of ketones is 1. The van der Waals surface area contributed by atoms with Gasteiger partial charge in [0.05, 0.1) is 9.86 Å². The Labute approximate surface area is 107 Å². The van der Waals surface area contributed by atoms with E-state index in [1.165, 1.54) is 0 Å². The average molecular weight is 320 g/mol. The van der Waals surface area contributed by atoms with E-state index in [-0.39, 0.29) is 15.1 Å². The zero-order valence-corrected chi connectivity index (χ0v) is 11.9. The summed E-state index contributed by atoms with van der Waals surface area (Å²) in [6.45, 7) is 5.55. The third-order valence-electron chi connectivity index (χ3n) is 3.27. The summed E-state index contributed by atoms with van der Waals surface area (Å²) >= 11 is 20.6. The highest BCUT2D eigenvalue weighted by molar-refractivity contribution is 9.10. The number of carbonyl (C=O) groups is 1. The van der Waals surface area contributed by atoms with Crippen LogP contribution >= 0.6 is 50.7 Å². The van der Waals surface area contributed by atoms with Crippen LogP contribution in [-0.2, 0) is 4.79 Å². The van der Waals surface area contributed by atoms with Gasteiger partial charge in [0.1, 0.15) is 4.49 Å². The molecule has 80 valence electrons. The summed E-state index contributed by atoms with van der Waals surface area (Å²) in [7, 11) is 0. The number of carbonyl (C=O) groups excluding carboxylic acids is 1. The smallest absolute Gasteiger partial charge is 0.153 e. The molecule has 1 aliphatic carbocycles. The molecule has 1 nitrogen and oxygen atoms in total. The molecule has 1 aliphatic rings. The van der Waals surface area contributed by atoms with E-state index in [4.69, 9.17) is 34.8 Å². The second-order valence-electron chi connectivity index (χ2n) is 4.13. The first kappa shape index (κ1) is 12.8. The lowest BCUT2D eigenvalue weighted by Crippen LogP contribution is -2.63. The second kappa shape index (κ2) is 3.65. The van der Waals surface area contributed by atoms with Gasteiger partial charge in [0.15, 0.2) is 5.78 Å². The SMILES string of the molecule is CC1(C)C(=O)C(Br)C1(C)C(Cl)=C(Cl)Cl. The quantitative estimate of drug-likeness (QED) is 0.660. The number of rotatable bonds is 1. The molecule has 1 rings (SSSR count). The minimum Gasteiger partial charge on any atom is -0.298 e. The molecule has 0 heterocycles. The summed E-state index contributed by atoms with van der Waals surface area (Å²) in [6.07, 6.45) is 0. The van der Waals surface area contributed by atoms with E-state index in [2.05, 4.69) is 15.9 Å². The molecule has 0 aromatic carbocycles. The van der Waals surface area contributed by atoms with E-state index in [1.807, 2.05) is 20.8 Å². The first-order chi connectivity index (χ1) is 6.17. The highest BCUT2D eigenvalue weighted by Gasteiger charge is 2.65. The van der Waals surface area contributed by atoms with Gasteiger partial charge in [0.2, 0.25) is 0 Å². The molecular formula is C9H10BrCl3O. The van der Waals surface area contributed by atoms with E-state index in [9.17, 15) is 4.79 Å². The van der Waals surface area contributed by atoms with Crippen molar-refractivity contribution in [2.75, 3.05) is 0 Å². The number of hydrogen-bond acceptors (Lipinski definition) is 1. The fourth-order valence-electron chi connectivity index (χ4n) is 1.66. The van der Waals surface area contributed by atoms with Gasteiger partial charge in [-0.05, 0) is 0 Å². The fraction of sp³-hybridized carbons (Fsp3) is 0.667. The van der Waals surface area contributed by atoms with Gasteiger partial charge in [-0.25, -0.2) is 0 Å². The van der Waals surface area contributed by atoms with Crippen molar-refractivity contribution in [3.63, 3.8) is 0 Å². The van der Waals surface area contributed by atoms with E-state index < -0.39 is 10.8 Å². The maximum Gasteiger partial charge on any atom is 0.153 e. The van der Waals surface area contributed by atoms with E-state index in [0.29, 0.717) is 5.03 Å². The second-order valence-corrected chi connectivity index (χ2v) is 6.37. The molecule has 0 radical (unpaired) electrons. The molecule has 0 aliphatic heterocycles. The van der Waals surface area contributed by atoms with Crippen LogP contribution in [0.5, 0.6) is 0 Å². The Bertz CT molecular complexity index is 320. The van der Waals surface area contributed by atoms with Gasteiger partial charge in [-0.1, -0.05) is 71.5 Å². The third kappa shape index (κ3) is 1.38. The molecule has 0 saturated heterocycles. The molecular weight excluding hydrogens is 310 g/mol. The van der Waals surface area contributed by atoms with Crippen molar-refractivity contribution in [2.24, 2.45) is 10.8 Å². The largest absolute Gasteiger partial charge is 0.298 e. The van der Waals surface area contributed by atoms with Crippen LogP contribution in [0.4, 0.5) is 0 Å². The van der Waals surface area contributed by atoms with Gasteiger partial charge < -0.3 is 0 Å². The molecule has 0 spiro atoms. The van der Waals surface area contributed by atoms with Crippen LogP contribution in [0.1, 0.15) is 20.8 Å². The summed E-state index contributed by atoms with van der Waals surface area (Å²) in [6, 6.07) is 0. The van der Waals surface area contributed by atoms with E-state index in [0.717, 1.165) is 0 Å². The first-order valence-corrected chi connectivity index (χ1v) is 6.12. The number of allylic oxidation sites excluding steroid dienone is 1. The predicted molar refractivity (Wildman–Crippen MR) is 64.2 cm³/mol. The summed E-state index contributed by atoms with van der Waals surface area (Å²) in [5, 5.41) is 0.340. The molecule has 5 heteroatoms. The van der Waals surface area contributed by atoms with Crippen molar-refractivity contribution in [3.8, 4) is 0 Å². The minimum absolute atomic E-state index is 0.0270. The number of halogens is 4. The Morgan fingerprint density at radius 1 is 1.29 bits per heavy atom. The lowest BCUT2D eigenvalue weighted by molar-refractivity contribution is -0.146. The molecule has 2 atom stereocenters. The maximum atomic E-state index is 11.6. The van der Waals surface area contributed by atoms with Gasteiger partial charge in [0, 0.05) is 10.8 Å². The minimum atomic E-state index is -0.534. The summed E-state index contributed by atoms with van der Waals surface area (Å²) in [5.74, 6) is 0.118. The van der Waals surface area contributed by atoms with Crippen LogP contribution < -0.4 is 0 Å². The normalized spacial score (nSPS) is 35.1. The fourth-order valence-corrected chi connectivity index (χ4v) is 3.90. The van der Waals surface area contributed by atoms with Crippen LogP contribution in [0, 0.1) is 10.8 Å². The summed E-state index contributed by atoms with van der Waals surface area (Å²) in [5.41, 5.74) is -1.06. The molecule has 0 bridgehead atoms. The summed E-state index contributed by atoms with van der Waals surface area (Å²) in [4.78, 5) is 11.3. The predicted octanol–water partition coefficient (Wildman–Crippen LogP) is 4.25. The molecule has 1 fully saturated rings. The molecule has 1 saturated carbocycles. The van der Waals surface area contributed by atoms with Gasteiger partial charge in [-0.15, -0.1) is 0 Å². The average Bonchev–Trinajstić information content (AvgIpc) is 2.12. The van der Waals surface area contributed by atoms with Crippen LogP contribution in [0.3, 0.4) is 0 Å². The van der Waals surface area contributed by atoms with Crippen molar-refractivity contribution in [1.29, 1.82) is 0 Å². The van der Waals surface area contributed by atoms with Gasteiger partial charge in [0.25, 0.3) is 0 Å². The molecule has 2 unspecified atom stereocenters. The number of Topliss-reactive ketones (excluding diaryl/α,β-unsaturated/α-hetero) is 1. The highest BCUT2D eigenvalue weighted by Crippen LogP contribution is 2.62. The Kier molecular flexibility index (Phi) is 3.35. The Balaban J connectivity index is 3.21. The van der Waals surface area contributed by atoms with Crippen LogP contribution in [0.25, 0.3) is 0 Å². The zero-order chi connectivity index (χ0) is 11.3. The molecule has 14 heavy (non-hydrogen) atoms. The van der Waals surface area contributed by atoms with Crippen LogP contribution in [0.15, 0.2) is 9.52 Å². The van der Waals surface area contributed by atoms with Crippen molar-refractivity contribution >= 4 is 56.5 Å². The number of hydrogen-bond donors (Lipinski definition) is 0. The Morgan fingerprint density at radius 3 is 2.00 bits per heavy atom. The Hall–Kier alpha value is 0.760. The molecule has 0 amide bonds. The standard InChI is InChI=1S/C9H10BrCl3O/c1-8(2)6(14)4(10)9(8,3)5(11)7(12)13/h4H,1-3H3. The van der Waals surface area contributed by atoms with Crippen molar-refractivity contribution in [1.82, 2.24) is 0 Å². The maximum absolute atomic E-state index is 11.6. The third-order valence-corrected chi connectivity index (χ3v) is 5.76. The van der Waals surface area contributed by atoms with Gasteiger partial charge in [-0.3, -0.25) is 4.79 Å². The van der Waals surface area contributed by atoms with Crippen LogP contribution in [0.2, 0.25) is 0 Å². The molecule has 0 aromatic rings. The lowest BCUT2D eigenvalue weighted by Gasteiger charge is -2.56. The van der Waals surface area contributed by atoms with E-state index in [1.54, 1.807) is 0 Å². The van der Waals surface area contributed by atoms with Gasteiger partial charge in [-0.2, -0.15) is 0 Å². The zero-order valence-electron chi connectivity index (χ0n) is 8.00. The lowest BCUT2D eigenvalue weighted by atomic mass is 9.51. The Morgan fingerprint density at radius 2 is 1.71 bits per heavy atom. The monoisotopic (exact) mass is 318 g/mol. The van der Waals surface area contributed by atoms with Crippen molar-refractivity contribution < 1.29 is 4.79 Å². The first-order valence-electron chi connectivity index (χ1n) is 4.07. The number of alkyl halides is 1. The topological polar surface area (TPSA) is 17.1 Å². The van der Waals surface area contributed by atoms with Crippen molar-refractivity contribution in [3.05, 3.63) is 9.52 Å². The van der Waals surface area contributed by atoms with Crippen LogP contribution in [-0.4, -0.2) is 10.6 Å². The highest BCUT2D eigenvalue weighted by atomic mass is 79.9.